The number of ether oxygens (including phenoxy) is 1. The fourth-order valence-electron chi connectivity index (χ4n) is 3.01. The molecule has 112 valence electrons. The normalized spacial score (nSPS) is 20.4. The number of ketones is 1. The fraction of sp³-hybridized carbons (Fsp3) is 0.438. The van der Waals surface area contributed by atoms with E-state index in [0.29, 0.717) is 12.4 Å². The van der Waals surface area contributed by atoms with Gasteiger partial charge in [-0.25, -0.2) is 0 Å². The van der Waals surface area contributed by atoms with Gasteiger partial charge >= 0.3 is 0 Å². The molecule has 3 saturated heterocycles. The third kappa shape index (κ3) is 2.90. The second kappa shape index (κ2) is 6.13. The zero-order valence-electron chi connectivity index (χ0n) is 11.9. The number of fused-ring (bicyclic) bond motifs is 3. The van der Waals surface area contributed by atoms with Crippen molar-refractivity contribution in [3.63, 3.8) is 0 Å². The van der Waals surface area contributed by atoms with Crippen LogP contribution >= 0.6 is 31.9 Å². The van der Waals surface area contributed by atoms with E-state index in [4.69, 9.17) is 4.74 Å². The summed E-state index contributed by atoms with van der Waals surface area (Å²) in [5.74, 6) is 1.33. The maximum Gasteiger partial charge on any atom is 0.182 e. The SMILES string of the molecule is CCOc1c(Br)cc(/C=C2/C(=O)C3CCN2CC3)cc1Br. The lowest BCUT2D eigenvalue weighted by Crippen LogP contribution is -2.45. The minimum absolute atomic E-state index is 0.232. The van der Waals surface area contributed by atoms with Crippen LogP contribution < -0.4 is 4.74 Å². The van der Waals surface area contributed by atoms with Gasteiger partial charge in [0.15, 0.2) is 5.78 Å². The van der Waals surface area contributed by atoms with Gasteiger partial charge in [-0.2, -0.15) is 0 Å². The van der Waals surface area contributed by atoms with Crippen molar-refractivity contribution in [2.75, 3.05) is 19.7 Å². The number of rotatable bonds is 3. The molecule has 3 fully saturated rings. The molecule has 3 nitrogen and oxygen atoms in total. The molecule has 0 unspecified atom stereocenters. The molecule has 1 aromatic rings. The molecule has 0 amide bonds. The number of Topliss-reactive ketones (excluding diaryl/α,β-unsaturated/α-hetero) is 1. The Morgan fingerprint density at radius 2 is 1.90 bits per heavy atom. The summed E-state index contributed by atoms with van der Waals surface area (Å²) in [6, 6.07) is 4.00. The van der Waals surface area contributed by atoms with E-state index in [-0.39, 0.29) is 5.92 Å². The zero-order chi connectivity index (χ0) is 15.0. The Balaban J connectivity index is 1.94. The van der Waals surface area contributed by atoms with E-state index < -0.39 is 0 Å². The van der Waals surface area contributed by atoms with Gasteiger partial charge in [0.1, 0.15) is 5.75 Å². The van der Waals surface area contributed by atoms with Gasteiger partial charge < -0.3 is 9.64 Å². The van der Waals surface area contributed by atoms with Crippen LogP contribution in [0.1, 0.15) is 25.3 Å². The van der Waals surface area contributed by atoms with Crippen molar-refractivity contribution < 1.29 is 9.53 Å². The Bertz CT molecular complexity index is 581. The molecular weight excluding hydrogens is 398 g/mol. The Morgan fingerprint density at radius 1 is 1.29 bits per heavy atom. The van der Waals surface area contributed by atoms with Crippen molar-refractivity contribution in [1.29, 1.82) is 0 Å². The van der Waals surface area contributed by atoms with Crippen LogP contribution in [-0.2, 0) is 4.79 Å². The molecule has 5 heteroatoms. The Hall–Kier alpha value is -0.810. The molecule has 0 aromatic heterocycles. The lowest BCUT2D eigenvalue weighted by Gasteiger charge is -2.41. The van der Waals surface area contributed by atoms with Crippen molar-refractivity contribution in [3.05, 3.63) is 32.3 Å². The van der Waals surface area contributed by atoms with Gasteiger partial charge in [-0.15, -0.1) is 0 Å². The Kier molecular flexibility index (Phi) is 4.41. The monoisotopic (exact) mass is 413 g/mol. The van der Waals surface area contributed by atoms with Gasteiger partial charge in [-0.05, 0) is 75.4 Å². The van der Waals surface area contributed by atoms with Gasteiger partial charge in [-0.3, -0.25) is 4.79 Å². The molecule has 0 spiro atoms. The maximum atomic E-state index is 12.4. The highest BCUT2D eigenvalue weighted by Gasteiger charge is 2.36. The summed E-state index contributed by atoms with van der Waals surface area (Å²) in [5.41, 5.74) is 1.87. The summed E-state index contributed by atoms with van der Waals surface area (Å²) in [7, 11) is 0. The smallest absolute Gasteiger partial charge is 0.182 e. The third-order valence-electron chi connectivity index (χ3n) is 4.07. The predicted octanol–water partition coefficient (Wildman–Crippen LogP) is 4.25. The van der Waals surface area contributed by atoms with Crippen LogP contribution in [0, 0.1) is 5.92 Å². The number of benzene rings is 1. The lowest BCUT2D eigenvalue weighted by atomic mass is 9.84. The van der Waals surface area contributed by atoms with E-state index >= 15 is 0 Å². The molecule has 3 aliphatic rings. The Labute approximate surface area is 141 Å². The summed E-state index contributed by atoms with van der Waals surface area (Å²) >= 11 is 7.07. The molecule has 0 saturated carbocycles. The van der Waals surface area contributed by atoms with Crippen LogP contribution in [0.5, 0.6) is 5.75 Å². The first kappa shape index (κ1) is 15.1. The largest absolute Gasteiger partial charge is 0.492 e. The minimum Gasteiger partial charge on any atom is -0.492 e. The van der Waals surface area contributed by atoms with Crippen molar-refractivity contribution in [2.45, 2.75) is 19.8 Å². The topological polar surface area (TPSA) is 29.5 Å². The number of allylic oxidation sites excluding steroid dienone is 1. The molecule has 1 aromatic carbocycles. The van der Waals surface area contributed by atoms with E-state index in [1.54, 1.807) is 0 Å². The highest BCUT2D eigenvalue weighted by Crippen LogP contribution is 2.37. The van der Waals surface area contributed by atoms with E-state index in [1.165, 1.54) is 0 Å². The molecule has 0 radical (unpaired) electrons. The van der Waals surface area contributed by atoms with Crippen molar-refractivity contribution in [2.24, 2.45) is 5.92 Å². The molecule has 0 atom stereocenters. The highest BCUT2D eigenvalue weighted by atomic mass is 79.9. The summed E-state index contributed by atoms with van der Waals surface area (Å²) in [6.45, 7) is 4.58. The third-order valence-corrected chi connectivity index (χ3v) is 5.25. The van der Waals surface area contributed by atoms with Crippen LogP contribution in [0.3, 0.4) is 0 Å². The van der Waals surface area contributed by atoms with Gasteiger partial charge in [0.2, 0.25) is 0 Å². The van der Waals surface area contributed by atoms with Gasteiger partial charge in [0.25, 0.3) is 0 Å². The minimum atomic E-state index is 0.232. The molecule has 2 bridgehead atoms. The molecule has 21 heavy (non-hydrogen) atoms. The second-order valence-electron chi connectivity index (χ2n) is 5.40. The summed E-state index contributed by atoms with van der Waals surface area (Å²) in [4.78, 5) is 14.6. The number of nitrogens with zero attached hydrogens (tertiary/aromatic N) is 1. The molecular formula is C16H17Br2NO2. The second-order valence-corrected chi connectivity index (χ2v) is 7.11. The van der Waals surface area contributed by atoms with Gasteiger partial charge in [0, 0.05) is 19.0 Å². The molecule has 0 N–H and O–H groups in total. The van der Waals surface area contributed by atoms with Crippen LogP contribution in [0.25, 0.3) is 6.08 Å². The van der Waals surface area contributed by atoms with Crippen LogP contribution in [0.2, 0.25) is 0 Å². The average Bonchev–Trinajstić information content (AvgIpc) is 2.47. The van der Waals surface area contributed by atoms with E-state index in [9.17, 15) is 4.79 Å². The summed E-state index contributed by atoms with van der Waals surface area (Å²) < 4.78 is 7.39. The molecule has 0 aliphatic carbocycles. The van der Waals surface area contributed by atoms with Crippen LogP contribution in [0.15, 0.2) is 26.8 Å². The first-order chi connectivity index (χ1) is 10.1. The number of carbonyl (C=O) groups excluding carboxylic acids is 1. The quantitative estimate of drug-likeness (QED) is 0.692. The average molecular weight is 415 g/mol. The van der Waals surface area contributed by atoms with E-state index in [1.807, 2.05) is 25.1 Å². The number of piperidine rings is 3. The van der Waals surface area contributed by atoms with E-state index in [2.05, 4.69) is 36.8 Å². The van der Waals surface area contributed by atoms with Crippen molar-refractivity contribution >= 4 is 43.7 Å². The lowest BCUT2D eigenvalue weighted by molar-refractivity contribution is -0.125. The standard InChI is InChI=1S/C16H17Br2NO2/c1-2-21-16-12(17)7-10(8-13(16)18)9-14-15(20)11-3-5-19(14)6-4-11/h7-9,11H,2-6H2,1H3/b14-9-. The zero-order valence-corrected chi connectivity index (χ0v) is 15.0. The number of halogens is 2. The number of hydrogen-bond acceptors (Lipinski definition) is 3. The van der Waals surface area contributed by atoms with Crippen molar-refractivity contribution in [1.82, 2.24) is 4.90 Å². The molecule has 3 aliphatic heterocycles. The molecule has 3 heterocycles. The first-order valence-corrected chi connectivity index (χ1v) is 8.81. The van der Waals surface area contributed by atoms with Gasteiger partial charge in [-0.1, -0.05) is 0 Å². The number of hydrogen-bond donors (Lipinski definition) is 0. The molecule has 4 rings (SSSR count). The fourth-order valence-corrected chi connectivity index (χ4v) is 4.46. The van der Waals surface area contributed by atoms with Crippen LogP contribution in [-0.4, -0.2) is 30.4 Å². The highest BCUT2D eigenvalue weighted by molar-refractivity contribution is 9.11. The first-order valence-electron chi connectivity index (χ1n) is 7.23. The van der Waals surface area contributed by atoms with E-state index in [0.717, 1.165) is 51.9 Å². The number of carbonyl (C=O) groups is 1. The maximum absolute atomic E-state index is 12.4. The van der Waals surface area contributed by atoms with Crippen LogP contribution in [0.4, 0.5) is 0 Å². The Morgan fingerprint density at radius 3 is 2.43 bits per heavy atom. The summed E-state index contributed by atoms with van der Waals surface area (Å²) in [6.07, 6.45) is 4.01. The van der Waals surface area contributed by atoms with Crippen molar-refractivity contribution in [3.8, 4) is 5.75 Å². The predicted molar refractivity (Wildman–Crippen MR) is 90.3 cm³/mol. The van der Waals surface area contributed by atoms with Gasteiger partial charge in [0.05, 0.1) is 21.2 Å². The summed E-state index contributed by atoms with van der Waals surface area (Å²) in [5, 5.41) is 0.